The molecular weight excluding hydrogens is 362 g/mol. The second kappa shape index (κ2) is 7.64. The number of carbonyl (C=O) groups excluding carboxylic acids is 1. The highest BCUT2D eigenvalue weighted by molar-refractivity contribution is 6.05. The van der Waals surface area contributed by atoms with Crippen molar-refractivity contribution in [2.75, 3.05) is 25.1 Å². The average molecular weight is 381 g/mol. The minimum Gasteiger partial charge on any atom is -0.493 e. The molecule has 0 spiro atoms. The number of benzene rings is 2. The van der Waals surface area contributed by atoms with Gasteiger partial charge in [0, 0.05) is 23.2 Å². The number of hydrogen-bond donors (Lipinski definition) is 1. The molecule has 28 heavy (non-hydrogen) atoms. The van der Waals surface area contributed by atoms with Crippen LogP contribution in [0.2, 0.25) is 0 Å². The van der Waals surface area contributed by atoms with Crippen LogP contribution in [-0.2, 0) is 0 Å². The van der Waals surface area contributed by atoms with E-state index >= 15 is 0 Å². The minimum absolute atomic E-state index is 0.0791. The Balaban J connectivity index is 1.58. The van der Waals surface area contributed by atoms with E-state index in [9.17, 15) is 9.59 Å². The molecule has 1 aromatic heterocycles. The second-order valence-corrected chi connectivity index (χ2v) is 6.31. The molecule has 0 saturated carbocycles. The summed E-state index contributed by atoms with van der Waals surface area (Å²) < 4.78 is 21.8. The van der Waals surface area contributed by atoms with Gasteiger partial charge in [-0.25, -0.2) is 4.79 Å². The highest BCUT2D eigenvalue weighted by Gasteiger charge is 2.17. The Morgan fingerprint density at radius 2 is 1.89 bits per heavy atom. The van der Waals surface area contributed by atoms with Crippen LogP contribution in [0.1, 0.15) is 23.7 Å². The third-order valence-electron chi connectivity index (χ3n) is 4.22. The van der Waals surface area contributed by atoms with Gasteiger partial charge < -0.3 is 23.9 Å². The molecule has 2 heterocycles. The highest BCUT2D eigenvalue weighted by atomic mass is 16.6. The zero-order valence-corrected chi connectivity index (χ0v) is 15.3. The van der Waals surface area contributed by atoms with Gasteiger partial charge in [-0.2, -0.15) is 0 Å². The molecule has 2 aromatic carbocycles. The predicted octanol–water partition coefficient (Wildman–Crippen LogP) is 3.61. The Labute approximate surface area is 160 Å². The zero-order valence-electron chi connectivity index (χ0n) is 15.3. The van der Waals surface area contributed by atoms with Crippen molar-refractivity contribution in [3.63, 3.8) is 0 Å². The molecule has 1 aliphatic heterocycles. The fraction of sp³-hybridized carbons (Fsp3) is 0.238. The molecule has 0 aliphatic carbocycles. The first-order valence-electron chi connectivity index (χ1n) is 9.06. The SMILES string of the molecule is CCCOc1ccc2cc(C(=O)Nc3ccc4c(c3)OCCO4)c(=O)oc2c1. The van der Waals surface area contributed by atoms with Crippen molar-refractivity contribution in [3.05, 3.63) is 58.4 Å². The number of hydrogen-bond acceptors (Lipinski definition) is 6. The fourth-order valence-electron chi connectivity index (χ4n) is 2.88. The van der Waals surface area contributed by atoms with Gasteiger partial charge in [0.15, 0.2) is 11.5 Å². The number of rotatable bonds is 5. The van der Waals surface area contributed by atoms with Gasteiger partial charge in [0.2, 0.25) is 0 Å². The molecule has 0 radical (unpaired) electrons. The van der Waals surface area contributed by atoms with E-state index in [4.69, 9.17) is 18.6 Å². The Bertz CT molecular complexity index is 1090. The third-order valence-corrected chi connectivity index (χ3v) is 4.22. The van der Waals surface area contributed by atoms with Crippen molar-refractivity contribution < 1.29 is 23.4 Å². The van der Waals surface area contributed by atoms with Crippen molar-refractivity contribution >= 4 is 22.6 Å². The number of anilines is 1. The molecule has 1 N–H and O–H groups in total. The monoisotopic (exact) mass is 381 g/mol. The van der Waals surface area contributed by atoms with E-state index in [-0.39, 0.29) is 5.56 Å². The van der Waals surface area contributed by atoms with Crippen molar-refractivity contribution in [1.29, 1.82) is 0 Å². The molecule has 0 unspecified atom stereocenters. The van der Waals surface area contributed by atoms with Gasteiger partial charge in [-0.05, 0) is 36.8 Å². The Morgan fingerprint density at radius 3 is 2.71 bits per heavy atom. The lowest BCUT2D eigenvalue weighted by Crippen LogP contribution is -2.21. The van der Waals surface area contributed by atoms with Gasteiger partial charge in [-0.3, -0.25) is 4.79 Å². The molecule has 7 nitrogen and oxygen atoms in total. The first-order valence-corrected chi connectivity index (χ1v) is 9.06. The van der Waals surface area contributed by atoms with Gasteiger partial charge in [-0.1, -0.05) is 6.92 Å². The van der Waals surface area contributed by atoms with E-state index in [1.165, 1.54) is 6.07 Å². The van der Waals surface area contributed by atoms with Crippen molar-refractivity contribution in [2.24, 2.45) is 0 Å². The Hall–Kier alpha value is -3.48. The lowest BCUT2D eigenvalue weighted by Gasteiger charge is -2.18. The summed E-state index contributed by atoms with van der Waals surface area (Å²) in [4.78, 5) is 24.9. The van der Waals surface area contributed by atoms with Crippen LogP contribution in [-0.4, -0.2) is 25.7 Å². The van der Waals surface area contributed by atoms with Crippen LogP contribution in [0.15, 0.2) is 51.7 Å². The summed E-state index contributed by atoms with van der Waals surface area (Å²) in [5.74, 6) is 1.23. The normalized spacial score (nSPS) is 12.6. The van der Waals surface area contributed by atoms with Crippen molar-refractivity contribution in [1.82, 2.24) is 0 Å². The van der Waals surface area contributed by atoms with Crippen LogP contribution >= 0.6 is 0 Å². The van der Waals surface area contributed by atoms with Crippen LogP contribution < -0.4 is 25.2 Å². The van der Waals surface area contributed by atoms with Gasteiger partial charge >= 0.3 is 5.63 Å². The van der Waals surface area contributed by atoms with Crippen LogP contribution in [0.4, 0.5) is 5.69 Å². The van der Waals surface area contributed by atoms with Crippen LogP contribution in [0.3, 0.4) is 0 Å². The van der Waals surface area contributed by atoms with Gasteiger partial charge in [-0.15, -0.1) is 0 Å². The maximum atomic E-state index is 12.6. The number of carbonyl (C=O) groups is 1. The van der Waals surface area contributed by atoms with Crippen LogP contribution in [0.5, 0.6) is 17.2 Å². The number of amides is 1. The maximum Gasteiger partial charge on any atom is 0.349 e. The molecule has 144 valence electrons. The molecule has 7 heteroatoms. The molecule has 4 rings (SSSR count). The van der Waals surface area contributed by atoms with Gasteiger partial charge in [0.1, 0.15) is 30.1 Å². The van der Waals surface area contributed by atoms with Crippen molar-refractivity contribution in [2.45, 2.75) is 13.3 Å². The topological polar surface area (TPSA) is 87.0 Å². The average Bonchev–Trinajstić information content (AvgIpc) is 2.71. The van der Waals surface area contributed by atoms with E-state index in [2.05, 4.69) is 5.32 Å². The molecule has 0 bridgehead atoms. The van der Waals surface area contributed by atoms with Crippen LogP contribution in [0.25, 0.3) is 11.0 Å². The first-order chi connectivity index (χ1) is 13.6. The summed E-state index contributed by atoms with van der Waals surface area (Å²) in [6, 6.07) is 11.8. The van der Waals surface area contributed by atoms with E-state index in [0.717, 1.165) is 6.42 Å². The third kappa shape index (κ3) is 3.64. The standard InChI is InChI=1S/C21H19NO6/c1-2-7-25-15-5-3-13-10-16(21(24)28-18(13)12-15)20(23)22-14-4-6-17-19(11-14)27-9-8-26-17/h3-6,10-12H,2,7-9H2,1H3,(H,22,23). The molecule has 1 amide bonds. The largest absolute Gasteiger partial charge is 0.493 e. The van der Waals surface area contributed by atoms with Crippen LogP contribution in [0, 0.1) is 0 Å². The molecule has 0 saturated heterocycles. The summed E-state index contributed by atoms with van der Waals surface area (Å²) in [5, 5.41) is 3.33. The van der Waals surface area contributed by atoms with E-state index < -0.39 is 11.5 Å². The lowest BCUT2D eigenvalue weighted by molar-refractivity contribution is 0.102. The minimum atomic E-state index is -0.713. The summed E-state index contributed by atoms with van der Waals surface area (Å²) in [6.45, 7) is 3.52. The number of fused-ring (bicyclic) bond motifs is 2. The van der Waals surface area contributed by atoms with E-state index in [1.807, 2.05) is 6.92 Å². The number of ether oxygens (including phenoxy) is 3. The smallest absolute Gasteiger partial charge is 0.349 e. The molecule has 0 atom stereocenters. The zero-order chi connectivity index (χ0) is 19.5. The molecular formula is C21H19NO6. The maximum absolute atomic E-state index is 12.6. The van der Waals surface area contributed by atoms with Gasteiger partial charge in [0.25, 0.3) is 5.91 Å². The summed E-state index contributed by atoms with van der Waals surface area (Å²) in [6.07, 6.45) is 0.876. The number of nitrogens with one attached hydrogen (secondary N) is 1. The lowest BCUT2D eigenvalue weighted by atomic mass is 10.1. The molecule has 3 aromatic rings. The van der Waals surface area contributed by atoms with E-state index in [0.29, 0.717) is 53.7 Å². The van der Waals surface area contributed by atoms with Crippen molar-refractivity contribution in [3.8, 4) is 17.2 Å². The summed E-state index contributed by atoms with van der Waals surface area (Å²) in [5.41, 5.74) is 0.0753. The Kier molecular flexibility index (Phi) is 4.89. The summed E-state index contributed by atoms with van der Waals surface area (Å²) >= 11 is 0. The quantitative estimate of drug-likeness (QED) is 0.680. The molecule has 1 aliphatic rings. The highest BCUT2D eigenvalue weighted by Crippen LogP contribution is 2.32. The predicted molar refractivity (Wildman–Crippen MR) is 104 cm³/mol. The Morgan fingerprint density at radius 1 is 1.07 bits per heavy atom. The van der Waals surface area contributed by atoms with Gasteiger partial charge in [0.05, 0.1) is 6.61 Å². The first kappa shape index (κ1) is 17.9. The molecule has 0 fully saturated rings. The fourth-order valence-corrected chi connectivity index (χ4v) is 2.88. The second-order valence-electron chi connectivity index (χ2n) is 6.31. The van der Waals surface area contributed by atoms with E-state index in [1.54, 1.807) is 36.4 Å². The summed E-state index contributed by atoms with van der Waals surface area (Å²) in [7, 11) is 0.